The maximum Gasteiger partial charge on any atom is 0.187 e. The third-order valence-corrected chi connectivity index (χ3v) is 4.66. The van der Waals surface area contributed by atoms with E-state index in [2.05, 4.69) is 0 Å². The van der Waals surface area contributed by atoms with Gasteiger partial charge >= 0.3 is 0 Å². The Bertz CT molecular complexity index is 371. The summed E-state index contributed by atoms with van der Waals surface area (Å²) in [4.78, 5) is 0. The fourth-order valence-electron chi connectivity index (χ4n) is 2.67. The van der Waals surface area contributed by atoms with Crippen LogP contribution in [0.15, 0.2) is 0 Å². The van der Waals surface area contributed by atoms with Gasteiger partial charge in [0.15, 0.2) is 12.6 Å². The van der Waals surface area contributed by atoms with Crippen molar-refractivity contribution in [1.29, 1.82) is 0 Å². The first-order chi connectivity index (χ1) is 10.9. The second kappa shape index (κ2) is 8.39. The Morgan fingerprint density at radius 3 is 2.09 bits per heavy atom. The average Bonchev–Trinajstić information content (AvgIpc) is 2.81. The molecule has 23 heavy (non-hydrogen) atoms. The summed E-state index contributed by atoms with van der Waals surface area (Å²) in [5.74, 6) is 0.463. The van der Waals surface area contributed by atoms with Gasteiger partial charge in [-0.1, -0.05) is 0 Å². The molecular formula is C13H24O9S. The third-order valence-electron chi connectivity index (χ3n) is 4.00. The van der Waals surface area contributed by atoms with Gasteiger partial charge in [0.1, 0.15) is 36.6 Å². The SMILES string of the molecule is CO[C@@H]1OC(CO)[C@H](O)[C@H](O)C1O[C@@H]1O[C@H](CSC)C(O)[C@@H]1O. The van der Waals surface area contributed by atoms with E-state index in [0.717, 1.165) is 0 Å². The molecule has 9 nitrogen and oxygen atoms in total. The molecule has 136 valence electrons. The molecule has 2 fully saturated rings. The molecule has 2 rings (SSSR count). The van der Waals surface area contributed by atoms with E-state index in [1.165, 1.54) is 18.9 Å². The molecule has 0 radical (unpaired) electrons. The number of aliphatic hydroxyl groups excluding tert-OH is 5. The molecular weight excluding hydrogens is 332 g/mol. The van der Waals surface area contributed by atoms with Gasteiger partial charge in [-0.3, -0.25) is 0 Å². The minimum absolute atomic E-state index is 0.463. The van der Waals surface area contributed by atoms with Gasteiger partial charge in [0.25, 0.3) is 0 Å². The van der Waals surface area contributed by atoms with Crippen molar-refractivity contribution in [3.05, 3.63) is 0 Å². The van der Waals surface area contributed by atoms with Gasteiger partial charge in [0, 0.05) is 12.9 Å². The van der Waals surface area contributed by atoms with Gasteiger partial charge in [-0.15, -0.1) is 0 Å². The highest BCUT2D eigenvalue weighted by Gasteiger charge is 2.50. The van der Waals surface area contributed by atoms with Crippen LogP contribution >= 0.6 is 11.8 Å². The molecule has 0 aromatic carbocycles. The van der Waals surface area contributed by atoms with Crippen molar-refractivity contribution in [2.75, 3.05) is 25.7 Å². The summed E-state index contributed by atoms with van der Waals surface area (Å²) in [6, 6.07) is 0. The van der Waals surface area contributed by atoms with Crippen LogP contribution in [-0.4, -0.2) is 107 Å². The van der Waals surface area contributed by atoms with Crippen LogP contribution in [0.3, 0.4) is 0 Å². The summed E-state index contributed by atoms with van der Waals surface area (Å²) in [6.07, 6.45) is -8.43. The Hall–Kier alpha value is -0.0100. The summed E-state index contributed by atoms with van der Waals surface area (Å²) in [5.41, 5.74) is 0. The fourth-order valence-corrected chi connectivity index (χ4v) is 3.28. The molecule has 0 spiro atoms. The molecule has 0 amide bonds. The van der Waals surface area contributed by atoms with E-state index in [-0.39, 0.29) is 0 Å². The van der Waals surface area contributed by atoms with Crippen LogP contribution in [0.25, 0.3) is 0 Å². The smallest absolute Gasteiger partial charge is 0.187 e. The van der Waals surface area contributed by atoms with Gasteiger partial charge in [-0.25, -0.2) is 0 Å². The van der Waals surface area contributed by atoms with E-state index in [0.29, 0.717) is 5.75 Å². The predicted octanol–water partition coefficient (Wildman–Crippen LogP) is -2.73. The Kier molecular flexibility index (Phi) is 7.04. The van der Waals surface area contributed by atoms with Gasteiger partial charge in [0.2, 0.25) is 0 Å². The van der Waals surface area contributed by atoms with Crippen LogP contribution in [0.5, 0.6) is 0 Å². The number of hydrogen-bond donors (Lipinski definition) is 5. The van der Waals surface area contributed by atoms with E-state index in [1.54, 1.807) is 0 Å². The zero-order valence-corrected chi connectivity index (χ0v) is 13.7. The molecule has 0 aliphatic carbocycles. The van der Waals surface area contributed by atoms with E-state index >= 15 is 0 Å². The van der Waals surface area contributed by atoms with E-state index in [4.69, 9.17) is 24.1 Å². The highest BCUT2D eigenvalue weighted by atomic mass is 32.2. The van der Waals surface area contributed by atoms with Crippen LogP contribution in [0.1, 0.15) is 0 Å². The normalized spacial score (nSPS) is 47.9. The van der Waals surface area contributed by atoms with E-state index in [1.807, 2.05) is 6.26 Å². The van der Waals surface area contributed by atoms with Crippen molar-refractivity contribution < 1.29 is 44.5 Å². The molecule has 0 bridgehead atoms. The topological polar surface area (TPSA) is 138 Å². The summed E-state index contributed by atoms with van der Waals surface area (Å²) >= 11 is 1.44. The van der Waals surface area contributed by atoms with E-state index in [9.17, 15) is 20.4 Å². The van der Waals surface area contributed by atoms with Crippen molar-refractivity contribution in [3.8, 4) is 0 Å². The zero-order valence-electron chi connectivity index (χ0n) is 12.9. The largest absolute Gasteiger partial charge is 0.394 e. The summed E-state index contributed by atoms with van der Waals surface area (Å²) in [7, 11) is 1.32. The Labute approximate surface area is 138 Å². The fraction of sp³-hybridized carbons (Fsp3) is 1.00. The number of methoxy groups -OCH3 is 1. The lowest BCUT2D eigenvalue weighted by Gasteiger charge is -2.42. The summed E-state index contributed by atoms with van der Waals surface area (Å²) < 4.78 is 21.4. The Morgan fingerprint density at radius 2 is 1.52 bits per heavy atom. The predicted molar refractivity (Wildman–Crippen MR) is 78.7 cm³/mol. The van der Waals surface area contributed by atoms with Crippen molar-refractivity contribution in [2.24, 2.45) is 0 Å². The Balaban J connectivity index is 2.05. The van der Waals surface area contributed by atoms with Crippen LogP contribution in [0.4, 0.5) is 0 Å². The summed E-state index contributed by atoms with van der Waals surface area (Å²) in [5, 5.41) is 49.2. The number of rotatable bonds is 6. The number of thioether (sulfide) groups is 1. The molecule has 10 heteroatoms. The highest BCUT2D eigenvalue weighted by molar-refractivity contribution is 7.98. The monoisotopic (exact) mass is 356 g/mol. The lowest BCUT2D eigenvalue weighted by atomic mass is 9.99. The van der Waals surface area contributed by atoms with Gasteiger partial charge in [-0.2, -0.15) is 11.8 Å². The lowest BCUT2D eigenvalue weighted by molar-refractivity contribution is -0.332. The highest BCUT2D eigenvalue weighted by Crippen LogP contribution is 2.30. The average molecular weight is 356 g/mol. The minimum Gasteiger partial charge on any atom is -0.394 e. The van der Waals surface area contributed by atoms with Crippen LogP contribution in [-0.2, 0) is 18.9 Å². The molecule has 2 aliphatic heterocycles. The second-order valence-electron chi connectivity index (χ2n) is 5.52. The maximum absolute atomic E-state index is 10.2. The molecule has 2 saturated heterocycles. The van der Waals surface area contributed by atoms with Crippen LogP contribution in [0.2, 0.25) is 0 Å². The molecule has 9 atom stereocenters. The first-order valence-electron chi connectivity index (χ1n) is 7.25. The molecule has 0 aromatic heterocycles. The molecule has 0 saturated carbocycles. The first-order valence-corrected chi connectivity index (χ1v) is 8.65. The standard InChI is InChI=1S/C13H24O9S/c1-19-13-11(9(17)7(15)5(3-14)20-13)22-12-10(18)8(16)6(21-12)4-23-2/h5-18H,3-4H2,1-2H3/t5?,6-,7+,8?,9+,10+,11?,12+,13-/m1/s1. The lowest BCUT2D eigenvalue weighted by Crippen LogP contribution is -2.61. The zero-order chi connectivity index (χ0) is 17.1. The maximum atomic E-state index is 10.2. The minimum atomic E-state index is -1.42. The first kappa shape index (κ1) is 19.3. The molecule has 0 aromatic rings. The second-order valence-corrected chi connectivity index (χ2v) is 6.43. The van der Waals surface area contributed by atoms with Gasteiger partial charge < -0.3 is 44.5 Å². The molecule has 2 aliphatic rings. The van der Waals surface area contributed by atoms with Crippen LogP contribution < -0.4 is 0 Å². The molecule has 3 unspecified atom stereocenters. The number of ether oxygens (including phenoxy) is 4. The molecule has 2 heterocycles. The van der Waals surface area contributed by atoms with Crippen molar-refractivity contribution in [1.82, 2.24) is 0 Å². The van der Waals surface area contributed by atoms with Crippen LogP contribution in [0, 0.1) is 0 Å². The molecule has 5 N–H and O–H groups in total. The van der Waals surface area contributed by atoms with Crippen molar-refractivity contribution in [2.45, 2.75) is 55.3 Å². The number of aliphatic hydroxyl groups is 5. The third kappa shape index (κ3) is 3.98. The summed E-state index contributed by atoms with van der Waals surface area (Å²) in [6.45, 7) is -0.498. The van der Waals surface area contributed by atoms with Gasteiger partial charge in [-0.05, 0) is 6.26 Å². The quantitative estimate of drug-likeness (QED) is 0.341. The van der Waals surface area contributed by atoms with Gasteiger partial charge in [0.05, 0.1) is 12.7 Å². The van der Waals surface area contributed by atoms with Crippen molar-refractivity contribution in [3.63, 3.8) is 0 Å². The van der Waals surface area contributed by atoms with E-state index < -0.39 is 61.9 Å². The Morgan fingerprint density at radius 1 is 0.913 bits per heavy atom. The number of hydrogen-bond acceptors (Lipinski definition) is 10. The van der Waals surface area contributed by atoms with Crippen molar-refractivity contribution >= 4 is 11.8 Å².